The van der Waals surface area contributed by atoms with Crippen molar-refractivity contribution in [1.29, 1.82) is 0 Å². The van der Waals surface area contributed by atoms with Crippen molar-refractivity contribution in [3.8, 4) is 0 Å². The van der Waals surface area contributed by atoms with E-state index in [9.17, 15) is 4.79 Å². The van der Waals surface area contributed by atoms with E-state index >= 15 is 0 Å². The summed E-state index contributed by atoms with van der Waals surface area (Å²) in [5, 5.41) is 0. The summed E-state index contributed by atoms with van der Waals surface area (Å²) < 4.78 is 5.43. The van der Waals surface area contributed by atoms with Crippen molar-refractivity contribution in [3.05, 3.63) is 0 Å². The third-order valence-electron chi connectivity index (χ3n) is 2.96. The Morgan fingerprint density at radius 3 is 2.18 bits per heavy atom. The van der Waals surface area contributed by atoms with Gasteiger partial charge in [0, 0.05) is 12.6 Å². The Hall–Kier alpha value is -0.770. The molecule has 0 saturated carbocycles. The van der Waals surface area contributed by atoms with Crippen molar-refractivity contribution < 1.29 is 9.53 Å². The molecule has 0 bridgehead atoms. The normalized spacial score (nSPS) is 26.2. The number of nitrogens with two attached hydrogens (primary N) is 1. The first-order chi connectivity index (χ1) is 7.52. The van der Waals surface area contributed by atoms with Gasteiger partial charge in [-0.1, -0.05) is 20.8 Å². The molecule has 0 aromatic heterocycles. The zero-order valence-corrected chi connectivity index (χ0v) is 11.9. The Morgan fingerprint density at radius 1 is 1.24 bits per heavy atom. The van der Waals surface area contributed by atoms with Gasteiger partial charge in [-0.25, -0.2) is 4.79 Å². The van der Waals surface area contributed by atoms with E-state index in [0.717, 1.165) is 6.42 Å². The molecule has 4 nitrogen and oxygen atoms in total. The third-order valence-corrected chi connectivity index (χ3v) is 2.96. The molecule has 17 heavy (non-hydrogen) atoms. The van der Waals surface area contributed by atoms with E-state index < -0.39 is 5.60 Å². The van der Waals surface area contributed by atoms with Crippen LogP contribution in [0, 0.1) is 5.41 Å². The molecule has 1 saturated heterocycles. The second-order valence-electron chi connectivity index (χ2n) is 6.94. The third kappa shape index (κ3) is 3.60. The average Bonchev–Trinajstić information content (AvgIpc) is 2.42. The molecule has 1 fully saturated rings. The van der Waals surface area contributed by atoms with Crippen molar-refractivity contribution in [2.45, 2.75) is 65.6 Å². The Labute approximate surface area is 104 Å². The topological polar surface area (TPSA) is 55.6 Å². The highest BCUT2D eigenvalue weighted by atomic mass is 16.6. The number of likely N-dealkylation sites (tertiary alicyclic amines) is 1. The van der Waals surface area contributed by atoms with Gasteiger partial charge in [0.2, 0.25) is 0 Å². The number of carbonyl (C=O) groups excluding carboxylic acids is 1. The molecule has 0 aromatic carbocycles. The van der Waals surface area contributed by atoms with Gasteiger partial charge in [-0.05, 0) is 32.6 Å². The molecule has 1 aliphatic heterocycles. The molecule has 0 spiro atoms. The molecule has 2 N–H and O–H groups in total. The molecule has 1 rings (SSSR count). The van der Waals surface area contributed by atoms with E-state index in [4.69, 9.17) is 10.5 Å². The standard InChI is InChI=1S/C13H26N2O2/c1-12(2,3)10-9(14)7-8-15(10)11(16)17-13(4,5)6/h9-10H,7-8,14H2,1-6H3. The lowest BCUT2D eigenvalue weighted by atomic mass is 9.83. The number of rotatable bonds is 0. The van der Waals surface area contributed by atoms with Crippen molar-refractivity contribution >= 4 is 6.09 Å². The van der Waals surface area contributed by atoms with Gasteiger partial charge in [0.25, 0.3) is 0 Å². The van der Waals surface area contributed by atoms with E-state index in [0.29, 0.717) is 6.54 Å². The highest BCUT2D eigenvalue weighted by Gasteiger charge is 2.43. The Bertz CT molecular complexity index is 289. The number of carbonyl (C=O) groups is 1. The largest absolute Gasteiger partial charge is 0.444 e. The molecule has 1 heterocycles. The summed E-state index contributed by atoms with van der Waals surface area (Å²) in [4.78, 5) is 13.9. The molecule has 2 unspecified atom stereocenters. The fourth-order valence-electron chi connectivity index (χ4n) is 2.45. The van der Waals surface area contributed by atoms with E-state index in [-0.39, 0.29) is 23.6 Å². The molecule has 100 valence electrons. The Morgan fingerprint density at radius 2 is 1.76 bits per heavy atom. The first-order valence-electron chi connectivity index (χ1n) is 6.27. The van der Waals surface area contributed by atoms with Crippen LogP contribution in [0.2, 0.25) is 0 Å². The Kier molecular flexibility index (Phi) is 3.77. The molecular weight excluding hydrogens is 216 g/mol. The molecule has 2 atom stereocenters. The fourth-order valence-corrected chi connectivity index (χ4v) is 2.45. The smallest absolute Gasteiger partial charge is 0.410 e. The molecule has 1 amide bonds. The van der Waals surface area contributed by atoms with Gasteiger partial charge in [-0.3, -0.25) is 0 Å². The maximum Gasteiger partial charge on any atom is 0.410 e. The summed E-state index contributed by atoms with van der Waals surface area (Å²) in [5.74, 6) is 0. The second kappa shape index (κ2) is 4.48. The maximum atomic E-state index is 12.1. The number of nitrogens with zero attached hydrogens (tertiary/aromatic N) is 1. The average molecular weight is 242 g/mol. The minimum Gasteiger partial charge on any atom is -0.444 e. The van der Waals surface area contributed by atoms with Crippen LogP contribution in [-0.2, 0) is 4.74 Å². The van der Waals surface area contributed by atoms with Crippen LogP contribution >= 0.6 is 0 Å². The van der Waals surface area contributed by atoms with E-state index in [1.807, 2.05) is 20.8 Å². The summed E-state index contributed by atoms with van der Waals surface area (Å²) in [6.45, 7) is 12.7. The number of hydrogen-bond donors (Lipinski definition) is 1. The minimum absolute atomic E-state index is 0.0210. The van der Waals surface area contributed by atoms with Crippen molar-refractivity contribution in [1.82, 2.24) is 4.90 Å². The number of ether oxygens (including phenoxy) is 1. The lowest BCUT2D eigenvalue weighted by Gasteiger charge is -2.37. The zero-order valence-electron chi connectivity index (χ0n) is 11.9. The van der Waals surface area contributed by atoms with Crippen molar-refractivity contribution in [3.63, 3.8) is 0 Å². The van der Waals surface area contributed by atoms with Crippen LogP contribution in [0.15, 0.2) is 0 Å². The van der Waals surface area contributed by atoms with Crippen LogP contribution in [0.3, 0.4) is 0 Å². The zero-order chi connectivity index (χ0) is 13.4. The molecule has 4 heteroatoms. The van der Waals surface area contributed by atoms with Crippen LogP contribution in [-0.4, -0.2) is 35.2 Å². The van der Waals surface area contributed by atoms with Crippen molar-refractivity contribution in [2.24, 2.45) is 11.1 Å². The van der Waals surface area contributed by atoms with Gasteiger partial charge in [0.15, 0.2) is 0 Å². The van der Waals surface area contributed by atoms with Gasteiger partial charge in [0.05, 0.1) is 6.04 Å². The maximum absolute atomic E-state index is 12.1. The van der Waals surface area contributed by atoms with Crippen LogP contribution < -0.4 is 5.73 Å². The van der Waals surface area contributed by atoms with Gasteiger partial charge >= 0.3 is 6.09 Å². The van der Waals surface area contributed by atoms with Gasteiger partial charge in [-0.15, -0.1) is 0 Å². The predicted octanol–water partition coefficient (Wildman–Crippen LogP) is 2.37. The molecular formula is C13H26N2O2. The van der Waals surface area contributed by atoms with Crippen LogP contribution in [0.25, 0.3) is 0 Å². The van der Waals surface area contributed by atoms with Crippen LogP contribution in [0.1, 0.15) is 48.0 Å². The number of hydrogen-bond acceptors (Lipinski definition) is 3. The lowest BCUT2D eigenvalue weighted by Crippen LogP contribution is -2.51. The fraction of sp³-hybridized carbons (Fsp3) is 0.923. The Balaban J connectivity index is 2.80. The summed E-state index contributed by atoms with van der Waals surface area (Å²) in [5.41, 5.74) is 5.63. The summed E-state index contributed by atoms with van der Waals surface area (Å²) in [7, 11) is 0. The number of amides is 1. The second-order valence-corrected chi connectivity index (χ2v) is 6.94. The predicted molar refractivity (Wildman–Crippen MR) is 68.8 cm³/mol. The monoisotopic (exact) mass is 242 g/mol. The van der Waals surface area contributed by atoms with Gasteiger partial charge in [0.1, 0.15) is 5.60 Å². The first-order valence-corrected chi connectivity index (χ1v) is 6.27. The molecule has 0 radical (unpaired) electrons. The summed E-state index contributed by atoms with van der Waals surface area (Å²) in [6, 6.07) is 0.0971. The van der Waals surface area contributed by atoms with E-state index in [2.05, 4.69) is 20.8 Å². The van der Waals surface area contributed by atoms with Gasteiger partial charge in [-0.2, -0.15) is 0 Å². The quantitative estimate of drug-likeness (QED) is 0.709. The summed E-state index contributed by atoms with van der Waals surface area (Å²) >= 11 is 0. The highest BCUT2D eigenvalue weighted by molar-refractivity contribution is 5.69. The minimum atomic E-state index is -0.452. The van der Waals surface area contributed by atoms with Gasteiger partial charge < -0.3 is 15.4 Å². The molecule has 1 aliphatic rings. The SMILES string of the molecule is CC(C)(C)OC(=O)N1CCC(N)C1C(C)(C)C. The van der Waals surface area contributed by atoms with Crippen LogP contribution in [0.4, 0.5) is 4.79 Å². The first kappa shape index (κ1) is 14.3. The highest BCUT2D eigenvalue weighted by Crippen LogP contribution is 2.33. The molecule has 0 aliphatic carbocycles. The summed E-state index contributed by atoms with van der Waals surface area (Å²) in [6.07, 6.45) is 0.603. The van der Waals surface area contributed by atoms with E-state index in [1.165, 1.54) is 0 Å². The molecule has 0 aromatic rings. The van der Waals surface area contributed by atoms with Crippen LogP contribution in [0.5, 0.6) is 0 Å². The van der Waals surface area contributed by atoms with E-state index in [1.54, 1.807) is 4.90 Å². The lowest BCUT2D eigenvalue weighted by molar-refractivity contribution is 0.0109. The van der Waals surface area contributed by atoms with Crippen molar-refractivity contribution in [2.75, 3.05) is 6.54 Å².